The van der Waals surface area contributed by atoms with Crippen molar-refractivity contribution < 1.29 is 10.2 Å². The highest BCUT2D eigenvalue weighted by molar-refractivity contribution is 5.60. The molecule has 6 nitrogen and oxygen atoms in total. The predicted molar refractivity (Wildman–Crippen MR) is 78.7 cm³/mol. The Morgan fingerprint density at radius 2 is 2.19 bits per heavy atom. The molecule has 0 saturated heterocycles. The molecule has 0 atom stereocenters. The molecule has 0 saturated carbocycles. The molecule has 0 spiro atoms. The summed E-state index contributed by atoms with van der Waals surface area (Å²) in [5.41, 5.74) is 0.686. The molecule has 2 aromatic rings. The van der Waals surface area contributed by atoms with E-state index in [0.29, 0.717) is 18.1 Å². The van der Waals surface area contributed by atoms with Crippen molar-refractivity contribution in [2.75, 3.05) is 5.32 Å². The fourth-order valence-electron chi connectivity index (χ4n) is 2.58. The Balaban J connectivity index is 2.05. The maximum absolute atomic E-state index is 12.4. The van der Waals surface area contributed by atoms with E-state index in [-0.39, 0.29) is 23.5 Å². The van der Waals surface area contributed by atoms with Gasteiger partial charge in [-0.3, -0.25) is 9.36 Å². The molecular weight excluding hydrogens is 270 g/mol. The van der Waals surface area contributed by atoms with Gasteiger partial charge in [-0.25, -0.2) is 4.98 Å². The molecule has 3 rings (SSSR count). The molecule has 0 bridgehead atoms. The van der Waals surface area contributed by atoms with E-state index in [9.17, 15) is 15.0 Å². The summed E-state index contributed by atoms with van der Waals surface area (Å²) in [6.07, 6.45) is 2.73. The normalized spacial score (nSPS) is 13.8. The summed E-state index contributed by atoms with van der Waals surface area (Å²) in [6, 6.07) is 6.56. The number of aliphatic hydroxyl groups is 1. The average molecular weight is 287 g/mol. The van der Waals surface area contributed by atoms with Crippen LogP contribution in [0.2, 0.25) is 0 Å². The molecule has 3 N–H and O–H groups in total. The fraction of sp³-hybridized carbons (Fsp3) is 0.333. The minimum absolute atomic E-state index is 0.125. The number of aromatic hydroxyl groups is 1. The number of phenolic OH excluding ortho intramolecular Hbond substituents is 1. The van der Waals surface area contributed by atoms with Crippen LogP contribution in [0.4, 0.5) is 11.5 Å². The van der Waals surface area contributed by atoms with E-state index in [1.807, 2.05) is 0 Å². The summed E-state index contributed by atoms with van der Waals surface area (Å²) in [5.74, 6) is 1.23. The lowest BCUT2D eigenvalue weighted by molar-refractivity contribution is 0.278. The number of fused-ring (bicyclic) bond motifs is 1. The summed E-state index contributed by atoms with van der Waals surface area (Å²) in [5, 5.41) is 22.0. The molecule has 2 heterocycles. The third-order valence-electron chi connectivity index (χ3n) is 3.64. The van der Waals surface area contributed by atoms with Crippen LogP contribution in [0.25, 0.3) is 0 Å². The number of nitrogens with zero attached hydrogens (tertiary/aromatic N) is 2. The molecule has 0 radical (unpaired) electrons. The van der Waals surface area contributed by atoms with Gasteiger partial charge in [0.1, 0.15) is 17.4 Å². The van der Waals surface area contributed by atoms with Crippen molar-refractivity contribution in [3.63, 3.8) is 0 Å². The van der Waals surface area contributed by atoms with Gasteiger partial charge in [0.25, 0.3) is 5.56 Å². The Morgan fingerprint density at radius 3 is 2.95 bits per heavy atom. The van der Waals surface area contributed by atoms with Crippen molar-refractivity contribution in [3.8, 4) is 5.75 Å². The van der Waals surface area contributed by atoms with Crippen molar-refractivity contribution in [1.29, 1.82) is 0 Å². The van der Waals surface area contributed by atoms with Crippen LogP contribution in [0.1, 0.15) is 24.2 Å². The van der Waals surface area contributed by atoms with Crippen molar-refractivity contribution >= 4 is 11.5 Å². The van der Waals surface area contributed by atoms with E-state index in [4.69, 9.17) is 0 Å². The number of aromatic nitrogens is 2. The maximum atomic E-state index is 12.4. The minimum atomic E-state index is -0.368. The Morgan fingerprint density at radius 1 is 1.33 bits per heavy atom. The first kappa shape index (κ1) is 13.6. The monoisotopic (exact) mass is 287 g/mol. The minimum Gasteiger partial charge on any atom is -0.508 e. The third kappa shape index (κ3) is 2.62. The van der Waals surface area contributed by atoms with Gasteiger partial charge < -0.3 is 15.5 Å². The zero-order chi connectivity index (χ0) is 14.8. The number of aryl methyl sites for hydroxylation is 1. The smallest absolute Gasteiger partial charge is 0.261 e. The van der Waals surface area contributed by atoms with Gasteiger partial charge in [0.2, 0.25) is 0 Å². The van der Waals surface area contributed by atoms with Crippen LogP contribution in [-0.4, -0.2) is 19.8 Å². The highest BCUT2D eigenvalue weighted by atomic mass is 16.3. The van der Waals surface area contributed by atoms with E-state index < -0.39 is 0 Å². The van der Waals surface area contributed by atoms with Crippen molar-refractivity contribution in [2.45, 2.75) is 32.4 Å². The Labute approximate surface area is 121 Å². The van der Waals surface area contributed by atoms with E-state index in [0.717, 1.165) is 25.1 Å². The maximum Gasteiger partial charge on any atom is 0.261 e. The van der Waals surface area contributed by atoms with Gasteiger partial charge in [-0.2, -0.15) is 0 Å². The molecule has 21 heavy (non-hydrogen) atoms. The van der Waals surface area contributed by atoms with Crippen LogP contribution >= 0.6 is 0 Å². The number of nitrogens with one attached hydrogen (secondary N) is 1. The second kappa shape index (κ2) is 5.57. The van der Waals surface area contributed by atoms with Crippen LogP contribution in [0.5, 0.6) is 5.75 Å². The van der Waals surface area contributed by atoms with Gasteiger partial charge in [-0.05, 0) is 25.0 Å². The second-order valence-electron chi connectivity index (χ2n) is 5.10. The Bertz CT molecular complexity index is 725. The Hall–Kier alpha value is -2.34. The number of phenols is 1. The van der Waals surface area contributed by atoms with Crippen molar-refractivity contribution in [3.05, 3.63) is 46.0 Å². The fourth-order valence-corrected chi connectivity index (χ4v) is 2.58. The van der Waals surface area contributed by atoms with E-state index in [1.165, 1.54) is 0 Å². The highest BCUT2D eigenvalue weighted by Crippen LogP contribution is 2.22. The number of benzene rings is 1. The van der Waals surface area contributed by atoms with Crippen LogP contribution in [-0.2, 0) is 19.6 Å². The van der Waals surface area contributed by atoms with Gasteiger partial charge >= 0.3 is 0 Å². The zero-order valence-corrected chi connectivity index (χ0v) is 11.5. The lowest BCUT2D eigenvalue weighted by Gasteiger charge is -2.20. The standard InChI is InChI=1S/C15H17N3O3/c19-9-12-14(16-10-4-3-5-11(20)8-10)17-13-6-1-2-7-18(13)15(12)21/h3-5,8,16,19-20H,1-2,6-7,9H2. The van der Waals surface area contributed by atoms with Gasteiger partial charge in [-0.15, -0.1) is 0 Å². The lowest BCUT2D eigenvalue weighted by Crippen LogP contribution is -2.31. The number of aliphatic hydroxyl groups excluding tert-OH is 1. The van der Waals surface area contributed by atoms with Gasteiger partial charge in [0, 0.05) is 24.7 Å². The molecule has 1 aromatic heterocycles. The van der Waals surface area contributed by atoms with Crippen LogP contribution in [0.15, 0.2) is 29.1 Å². The molecule has 0 aliphatic carbocycles. The number of hydrogen-bond acceptors (Lipinski definition) is 5. The van der Waals surface area contributed by atoms with Crippen molar-refractivity contribution in [2.24, 2.45) is 0 Å². The van der Waals surface area contributed by atoms with Gasteiger partial charge in [0.15, 0.2) is 0 Å². The average Bonchev–Trinajstić information content (AvgIpc) is 2.48. The van der Waals surface area contributed by atoms with Crippen molar-refractivity contribution in [1.82, 2.24) is 9.55 Å². The summed E-state index contributed by atoms with van der Waals surface area (Å²) in [6.45, 7) is 0.286. The molecule has 1 aliphatic rings. The quantitative estimate of drug-likeness (QED) is 0.796. The van der Waals surface area contributed by atoms with Gasteiger partial charge in [-0.1, -0.05) is 6.07 Å². The topological polar surface area (TPSA) is 87.4 Å². The molecule has 6 heteroatoms. The first-order valence-corrected chi connectivity index (χ1v) is 6.98. The number of rotatable bonds is 3. The summed E-state index contributed by atoms with van der Waals surface area (Å²) < 4.78 is 1.64. The summed E-state index contributed by atoms with van der Waals surface area (Å²) >= 11 is 0. The molecule has 1 aliphatic heterocycles. The number of anilines is 2. The highest BCUT2D eigenvalue weighted by Gasteiger charge is 2.18. The molecule has 0 fully saturated rings. The van der Waals surface area contributed by atoms with E-state index in [1.54, 1.807) is 28.8 Å². The molecule has 110 valence electrons. The van der Waals surface area contributed by atoms with Gasteiger partial charge in [0.05, 0.1) is 12.2 Å². The second-order valence-corrected chi connectivity index (χ2v) is 5.10. The molecule has 0 unspecified atom stereocenters. The Kier molecular flexibility index (Phi) is 3.62. The molecule has 1 aromatic carbocycles. The van der Waals surface area contributed by atoms with Crippen LogP contribution in [0.3, 0.4) is 0 Å². The predicted octanol–water partition coefficient (Wildman–Crippen LogP) is 1.52. The molecule has 0 amide bonds. The third-order valence-corrected chi connectivity index (χ3v) is 3.64. The number of hydrogen-bond donors (Lipinski definition) is 3. The SMILES string of the molecule is O=c1c(CO)c(Nc2cccc(O)c2)nc2n1CCCC2. The van der Waals surface area contributed by atoms with Crippen LogP contribution < -0.4 is 10.9 Å². The lowest BCUT2D eigenvalue weighted by atomic mass is 10.1. The van der Waals surface area contributed by atoms with E-state index >= 15 is 0 Å². The largest absolute Gasteiger partial charge is 0.508 e. The first-order valence-electron chi connectivity index (χ1n) is 6.98. The first-order chi connectivity index (χ1) is 10.2. The summed E-state index contributed by atoms with van der Waals surface area (Å²) in [4.78, 5) is 16.9. The zero-order valence-electron chi connectivity index (χ0n) is 11.5. The summed E-state index contributed by atoms with van der Waals surface area (Å²) in [7, 11) is 0. The van der Waals surface area contributed by atoms with E-state index in [2.05, 4.69) is 10.3 Å². The van der Waals surface area contributed by atoms with Crippen LogP contribution in [0, 0.1) is 0 Å². The molecular formula is C15H17N3O3.